The molecule has 0 radical (unpaired) electrons. The van der Waals surface area contributed by atoms with E-state index in [1.54, 1.807) is 0 Å². The van der Waals surface area contributed by atoms with Crippen LogP contribution in [0.3, 0.4) is 0 Å². The maximum atomic E-state index is 5.54. The van der Waals surface area contributed by atoms with E-state index in [0.717, 1.165) is 12.8 Å². The summed E-state index contributed by atoms with van der Waals surface area (Å²) in [5.74, 6) is -0.461. The summed E-state index contributed by atoms with van der Waals surface area (Å²) < 4.78 is 11.1. The first kappa shape index (κ1) is 8.02. The monoisotopic (exact) mass is 166 g/mol. The molecular weight excluding hydrogens is 152 g/mol. The maximum Gasteiger partial charge on any atom is 0.191 e. The Hall–Kier alpha value is -0.600. The van der Waals surface area contributed by atoms with Gasteiger partial charge in [-0.15, -0.1) is 0 Å². The molecule has 2 nitrogen and oxygen atoms in total. The van der Waals surface area contributed by atoms with Gasteiger partial charge in [0.15, 0.2) is 5.79 Å². The molecule has 1 saturated heterocycles. The van der Waals surface area contributed by atoms with Crippen molar-refractivity contribution in [3.63, 3.8) is 0 Å². The van der Waals surface area contributed by atoms with Gasteiger partial charge in [0.1, 0.15) is 0 Å². The van der Waals surface area contributed by atoms with Gasteiger partial charge in [0.05, 0.1) is 13.2 Å². The lowest BCUT2D eigenvalue weighted by atomic mass is 10.0. The van der Waals surface area contributed by atoms with Crippen LogP contribution in [0.2, 0.25) is 0 Å². The van der Waals surface area contributed by atoms with Gasteiger partial charge in [-0.05, 0) is 19.8 Å². The van der Waals surface area contributed by atoms with Gasteiger partial charge >= 0.3 is 0 Å². The lowest BCUT2D eigenvalue weighted by Crippen LogP contribution is -2.27. The first-order valence-corrected chi connectivity index (χ1v) is 4.46. The maximum absolute atomic E-state index is 5.54. The van der Waals surface area contributed by atoms with Crippen molar-refractivity contribution in [1.82, 2.24) is 0 Å². The predicted octanol–water partition coefficient (Wildman–Crippen LogP) is 2.03. The first-order chi connectivity index (χ1) is 5.81. The van der Waals surface area contributed by atoms with Crippen molar-refractivity contribution in [2.75, 3.05) is 13.2 Å². The van der Waals surface area contributed by atoms with E-state index in [-0.39, 0.29) is 0 Å². The molecule has 0 aromatic heterocycles. The van der Waals surface area contributed by atoms with Crippen LogP contribution in [0.15, 0.2) is 23.8 Å². The van der Waals surface area contributed by atoms with E-state index in [1.165, 1.54) is 5.57 Å². The number of hydrogen-bond acceptors (Lipinski definition) is 2. The van der Waals surface area contributed by atoms with Gasteiger partial charge in [-0.1, -0.05) is 18.2 Å². The molecule has 0 atom stereocenters. The van der Waals surface area contributed by atoms with Crippen LogP contribution in [0.5, 0.6) is 0 Å². The zero-order valence-electron chi connectivity index (χ0n) is 7.38. The molecule has 1 aliphatic carbocycles. The SMILES string of the molecule is CC1(C2=CCCC=C2)OCCO1. The zero-order chi connectivity index (χ0) is 8.44. The van der Waals surface area contributed by atoms with Gasteiger partial charge in [0.25, 0.3) is 0 Å². The van der Waals surface area contributed by atoms with E-state index in [2.05, 4.69) is 18.2 Å². The zero-order valence-corrected chi connectivity index (χ0v) is 7.38. The minimum Gasteiger partial charge on any atom is -0.344 e. The highest BCUT2D eigenvalue weighted by Crippen LogP contribution is 2.30. The summed E-state index contributed by atoms with van der Waals surface area (Å²) in [6, 6.07) is 0. The Morgan fingerprint density at radius 1 is 1.25 bits per heavy atom. The summed E-state index contributed by atoms with van der Waals surface area (Å²) in [6.45, 7) is 3.41. The molecule has 0 unspecified atom stereocenters. The summed E-state index contributed by atoms with van der Waals surface area (Å²) in [6.07, 6.45) is 8.72. The summed E-state index contributed by atoms with van der Waals surface area (Å²) in [5.41, 5.74) is 1.17. The van der Waals surface area contributed by atoms with Crippen LogP contribution in [0.1, 0.15) is 19.8 Å². The number of hydrogen-bond donors (Lipinski definition) is 0. The summed E-state index contributed by atoms with van der Waals surface area (Å²) >= 11 is 0. The fraction of sp³-hybridized carbons (Fsp3) is 0.600. The van der Waals surface area contributed by atoms with Crippen LogP contribution < -0.4 is 0 Å². The van der Waals surface area contributed by atoms with Crippen molar-refractivity contribution in [2.24, 2.45) is 0 Å². The number of rotatable bonds is 1. The third kappa shape index (κ3) is 1.32. The third-order valence-corrected chi connectivity index (χ3v) is 2.36. The van der Waals surface area contributed by atoms with Crippen molar-refractivity contribution in [3.8, 4) is 0 Å². The summed E-state index contributed by atoms with van der Waals surface area (Å²) in [4.78, 5) is 0. The molecule has 12 heavy (non-hydrogen) atoms. The smallest absolute Gasteiger partial charge is 0.191 e. The topological polar surface area (TPSA) is 18.5 Å². The fourth-order valence-corrected chi connectivity index (χ4v) is 1.63. The Kier molecular flexibility index (Phi) is 2.03. The van der Waals surface area contributed by atoms with Gasteiger partial charge < -0.3 is 9.47 Å². The molecule has 0 aromatic carbocycles. The van der Waals surface area contributed by atoms with Gasteiger partial charge in [0.2, 0.25) is 0 Å². The van der Waals surface area contributed by atoms with E-state index >= 15 is 0 Å². The second-order valence-corrected chi connectivity index (χ2v) is 3.28. The Balaban J connectivity index is 2.16. The van der Waals surface area contributed by atoms with E-state index in [4.69, 9.17) is 9.47 Å². The Morgan fingerprint density at radius 2 is 2.00 bits per heavy atom. The minimum absolute atomic E-state index is 0.461. The Labute approximate surface area is 72.9 Å². The van der Waals surface area contributed by atoms with E-state index in [1.807, 2.05) is 6.92 Å². The fourth-order valence-electron chi connectivity index (χ4n) is 1.63. The van der Waals surface area contributed by atoms with Gasteiger partial charge in [-0.2, -0.15) is 0 Å². The molecule has 1 aliphatic heterocycles. The molecule has 0 N–H and O–H groups in total. The summed E-state index contributed by atoms with van der Waals surface area (Å²) in [5, 5.41) is 0. The van der Waals surface area contributed by atoms with Crippen molar-refractivity contribution in [3.05, 3.63) is 23.8 Å². The van der Waals surface area contributed by atoms with Crippen LogP contribution in [0.4, 0.5) is 0 Å². The van der Waals surface area contributed by atoms with Crippen LogP contribution in [-0.4, -0.2) is 19.0 Å². The largest absolute Gasteiger partial charge is 0.344 e. The predicted molar refractivity (Wildman–Crippen MR) is 46.8 cm³/mol. The van der Waals surface area contributed by atoms with Crippen molar-refractivity contribution >= 4 is 0 Å². The van der Waals surface area contributed by atoms with Gasteiger partial charge in [0, 0.05) is 5.57 Å². The highest BCUT2D eigenvalue weighted by atomic mass is 16.7. The highest BCUT2D eigenvalue weighted by molar-refractivity contribution is 5.29. The molecule has 0 amide bonds. The molecule has 2 heteroatoms. The molecule has 2 rings (SSSR count). The van der Waals surface area contributed by atoms with Crippen molar-refractivity contribution in [1.29, 1.82) is 0 Å². The normalized spacial score (nSPS) is 27.2. The average Bonchev–Trinajstić information content (AvgIpc) is 2.55. The van der Waals surface area contributed by atoms with Crippen LogP contribution in [-0.2, 0) is 9.47 Å². The lowest BCUT2D eigenvalue weighted by molar-refractivity contribution is -0.107. The molecule has 0 bridgehead atoms. The minimum atomic E-state index is -0.461. The Morgan fingerprint density at radius 3 is 2.58 bits per heavy atom. The van der Waals surface area contributed by atoms with Crippen LogP contribution >= 0.6 is 0 Å². The second-order valence-electron chi connectivity index (χ2n) is 3.28. The third-order valence-electron chi connectivity index (χ3n) is 2.36. The van der Waals surface area contributed by atoms with Crippen molar-refractivity contribution < 1.29 is 9.47 Å². The number of allylic oxidation sites excluding steroid dienone is 2. The van der Waals surface area contributed by atoms with E-state index in [0.29, 0.717) is 13.2 Å². The summed E-state index contributed by atoms with van der Waals surface area (Å²) in [7, 11) is 0. The van der Waals surface area contributed by atoms with Crippen LogP contribution in [0, 0.1) is 0 Å². The van der Waals surface area contributed by atoms with Crippen molar-refractivity contribution in [2.45, 2.75) is 25.6 Å². The lowest BCUT2D eigenvalue weighted by Gasteiger charge is -2.25. The molecular formula is C10H14O2. The molecule has 2 aliphatic rings. The quantitative estimate of drug-likeness (QED) is 0.593. The Bertz CT molecular complexity index is 222. The molecule has 66 valence electrons. The first-order valence-electron chi connectivity index (χ1n) is 4.46. The van der Waals surface area contributed by atoms with Gasteiger partial charge in [-0.25, -0.2) is 0 Å². The number of ether oxygens (including phenoxy) is 2. The molecule has 1 heterocycles. The molecule has 0 spiro atoms. The van der Waals surface area contributed by atoms with E-state index < -0.39 is 5.79 Å². The standard InChI is InChI=1S/C10H14O2/c1-10(11-7-8-12-10)9-5-3-2-4-6-9/h3,5-6H,2,4,7-8H2,1H3. The molecule has 1 fully saturated rings. The van der Waals surface area contributed by atoms with Gasteiger partial charge in [-0.3, -0.25) is 0 Å². The highest BCUT2D eigenvalue weighted by Gasteiger charge is 2.33. The molecule has 0 saturated carbocycles. The second kappa shape index (κ2) is 3.04. The van der Waals surface area contributed by atoms with E-state index in [9.17, 15) is 0 Å². The average molecular weight is 166 g/mol. The van der Waals surface area contributed by atoms with Crippen LogP contribution in [0.25, 0.3) is 0 Å². The molecule has 0 aromatic rings.